The van der Waals surface area contributed by atoms with Crippen LogP contribution in [-0.2, 0) is 0 Å². The Bertz CT molecular complexity index is 467. The van der Waals surface area contributed by atoms with E-state index in [4.69, 9.17) is 5.73 Å². The van der Waals surface area contributed by atoms with Gasteiger partial charge in [-0.2, -0.15) is 4.98 Å². The number of nitrogens with zero attached hydrogens (tertiary/aromatic N) is 2. The van der Waals surface area contributed by atoms with Gasteiger partial charge in [-0.3, -0.25) is 0 Å². The normalized spacial score (nSPS) is 10.4. The maximum absolute atomic E-state index is 12.9. The van der Waals surface area contributed by atoms with Crippen molar-refractivity contribution in [3.63, 3.8) is 0 Å². The Kier molecular flexibility index (Phi) is 1.92. The Morgan fingerprint density at radius 2 is 2.21 bits per heavy atom. The zero-order chi connectivity index (χ0) is 10.1. The summed E-state index contributed by atoms with van der Waals surface area (Å²) >= 11 is 0. The third-order valence-corrected chi connectivity index (χ3v) is 1.88. The smallest absolute Gasteiger partial charge is 0.319 e. The summed E-state index contributed by atoms with van der Waals surface area (Å²) in [5.41, 5.74) is 6.73. The summed E-state index contributed by atoms with van der Waals surface area (Å²) in [7, 11) is 0. The first-order chi connectivity index (χ1) is 6.66. The Morgan fingerprint density at radius 3 is 2.86 bits per heavy atom. The summed E-state index contributed by atoms with van der Waals surface area (Å²) in [5, 5.41) is 3.61. The van der Waals surface area contributed by atoms with Gasteiger partial charge < -0.3 is 10.3 Å². The number of aromatic nitrogens is 2. The van der Waals surface area contributed by atoms with Crippen molar-refractivity contribution in [2.45, 2.75) is 6.92 Å². The number of hydrogen-bond donors (Lipinski definition) is 1. The molecule has 0 amide bonds. The Hall–Kier alpha value is -1.91. The van der Waals surface area contributed by atoms with Crippen LogP contribution in [-0.4, -0.2) is 10.1 Å². The molecule has 1 aromatic heterocycles. The fourth-order valence-corrected chi connectivity index (χ4v) is 1.18. The molecule has 1 aromatic carbocycles. The van der Waals surface area contributed by atoms with Gasteiger partial charge in [-0.05, 0) is 24.6 Å². The monoisotopic (exact) mass is 193 g/mol. The number of hydrogen-bond acceptors (Lipinski definition) is 4. The molecule has 0 saturated heterocycles. The number of halogens is 1. The van der Waals surface area contributed by atoms with Gasteiger partial charge in [-0.1, -0.05) is 11.2 Å². The van der Waals surface area contributed by atoms with E-state index < -0.39 is 0 Å². The standard InChI is InChI=1S/C9H8FN3O/c1-5-2-3-6(10)4-7(5)8-12-9(11)14-13-8/h2-4H,1H3,(H2,11,12,13). The zero-order valence-electron chi connectivity index (χ0n) is 7.49. The molecule has 72 valence electrons. The number of anilines is 1. The second-order valence-electron chi connectivity index (χ2n) is 2.92. The van der Waals surface area contributed by atoms with Crippen LogP contribution in [0.5, 0.6) is 0 Å². The highest BCUT2D eigenvalue weighted by molar-refractivity contribution is 5.59. The first-order valence-electron chi connectivity index (χ1n) is 4.02. The van der Waals surface area contributed by atoms with E-state index in [1.165, 1.54) is 12.1 Å². The molecular formula is C9H8FN3O. The molecule has 0 spiro atoms. The molecule has 4 nitrogen and oxygen atoms in total. The van der Waals surface area contributed by atoms with Gasteiger partial charge >= 0.3 is 6.01 Å². The predicted octanol–water partition coefficient (Wildman–Crippen LogP) is 1.77. The van der Waals surface area contributed by atoms with Crippen LogP contribution in [0.25, 0.3) is 11.4 Å². The summed E-state index contributed by atoms with van der Waals surface area (Å²) in [6.07, 6.45) is 0. The van der Waals surface area contributed by atoms with Crippen molar-refractivity contribution in [1.82, 2.24) is 10.1 Å². The highest BCUT2D eigenvalue weighted by Gasteiger charge is 2.09. The minimum absolute atomic E-state index is 0.0244. The first kappa shape index (κ1) is 8.68. The summed E-state index contributed by atoms with van der Waals surface area (Å²) in [5.74, 6) is -0.0338. The second-order valence-corrected chi connectivity index (χ2v) is 2.92. The maximum Gasteiger partial charge on any atom is 0.319 e. The Balaban J connectivity index is 2.55. The van der Waals surface area contributed by atoms with Crippen molar-refractivity contribution in [3.8, 4) is 11.4 Å². The molecule has 2 aromatic rings. The van der Waals surface area contributed by atoms with Crippen LogP contribution in [0.2, 0.25) is 0 Å². The minimum Gasteiger partial charge on any atom is -0.351 e. The SMILES string of the molecule is Cc1ccc(F)cc1-c1noc(N)n1. The molecule has 0 radical (unpaired) electrons. The Morgan fingerprint density at radius 1 is 1.43 bits per heavy atom. The molecule has 0 fully saturated rings. The van der Waals surface area contributed by atoms with E-state index in [0.717, 1.165) is 5.56 Å². The number of nitrogen functional groups attached to an aromatic ring is 1. The van der Waals surface area contributed by atoms with E-state index in [2.05, 4.69) is 14.7 Å². The molecule has 2 N–H and O–H groups in total. The van der Waals surface area contributed by atoms with Crippen molar-refractivity contribution in [3.05, 3.63) is 29.6 Å². The van der Waals surface area contributed by atoms with Crippen molar-refractivity contribution in [2.75, 3.05) is 5.73 Å². The molecule has 0 bridgehead atoms. The molecule has 2 rings (SSSR count). The lowest BCUT2D eigenvalue weighted by Crippen LogP contribution is -1.88. The van der Waals surface area contributed by atoms with Crippen molar-refractivity contribution in [1.29, 1.82) is 0 Å². The van der Waals surface area contributed by atoms with Crippen LogP contribution in [0, 0.1) is 12.7 Å². The number of aryl methyl sites for hydroxylation is 1. The molecule has 0 unspecified atom stereocenters. The number of rotatable bonds is 1. The summed E-state index contributed by atoms with van der Waals surface area (Å²) < 4.78 is 17.5. The molecular weight excluding hydrogens is 185 g/mol. The van der Waals surface area contributed by atoms with Crippen LogP contribution in [0.1, 0.15) is 5.56 Å². The molecule has 1 heterocycles. The maximum atomic E-state index is 12.9. The molecule has 0 aliphatic carbocycles. The lowest BCUT2D eigenvalue weighted by Gasteiger charge is -1.99. The van der Waals surface area contributed by atoms with Gasteiger partial charge in [0.2, 0.25) is 5.82 Å². The van der Waals surface area contributed by atoms with Crippen LogP contribution < -0.4 is 5.73 Å². The van der Waals surface area contributed by atoms with Gasteiger partial charge in [0.15, 0.2) is 0 Å². The zero-order valence-corrected chi connectivity index (χ0v) is 7.49. The van der Waals surface area contributed by atoms with Gasteiger partial charge in [0.25, 0.3) is 0 Å². The lowest BCUT2D eigenvalue weighted by atomic mass is 10.1. The second kappa shape index (κ2) is 3.10. The molecule has 0 aliphatic heterocycles. The lowest BCUT2D eigenvalue weighted by molar-refractivity contribution is 0.437. The van der Waals surface area contributed by atoms with E-state index >= 15 is 0 Å². The minimum atomic E-state index is -0.339. The average Bonchev–Trinajstić information content (AvgIpc) is 2.56. The predicted molar refractivity (Wildman–Crippen MR) is 48.8 cm³/mol. The molecule has 0 aliphatic rings. The first-order valence-corrected chi connectivity index (χ1v) is 4.02. The van der Waals surface area contributed by atoms with E-state index in [0.29, 0.717) is 11.4 Å². The van der Waals surface area contributed by atoms with E-state index in [1.807, 2.05) is 6.92 Å². The fourth-order valence-electron chi connectivity index (χ4n) is 1.18. The van der Waals surface area contributed by atoms with Gasteiger partial charge in [0.05, 0.1) is 0 Å². The number of nitrogens with two attached hydrogens (primary N) is 1. The molecule has 5 heteroatoms. The fraction of sp³-hybridized carbons (Fsp3) is 0.111. The molecule has 0 atom stereocenters. The highest BCUT2D eigenvalue weighted by atomic mass is 19.1. The Labute approximate surface area is 79.5 Å². The van der Waals surface area contributed by atoms with Crippen LogP contribution in [0.3, 0.4) is 0 Å². The topological polar surface area (TPSA) is 64.9 Å². The van der Waals surface area contributed by atoms with Gasteiger partial charge in [0.1, 0.15) is 5.82 Å². The van der Waals surface area contributed by atoms with Crippen LogP contribution >= 0.6 is 0 Å². The summed E-state index contributed by atoms with van der Waals surface area (Å²) in [4.78, 5) is 3.82. The van der Waals surface area contributed by atoms with Gasteiger partial charge in [-0.25, -0.2) is 4.39 Å². The third-order valence-electron chi connectivity index (χ3n) is 1.88. The van der Waals surface area contributed by atoms with Crippen LogP contribution in [0.4, 0.5) is 10.4 Å². The summed E-state index contributed by atoms with van der Waals surface area (Å²) in [6.45, 7) is 1.83. The third kappa shape index (κ3) is 1.44. The van der Waals surface area contributed by atoms with E-state index in [-0.39, 0.29) is 11.8 Å². The van der Waals surface area contributed by atoms with Crippen molar-refractivity contribution in [2.24, 2.45) is 0 Å². The van der Waals surface area contributed by atoms with Gasteiger partial charge in [-0.15, -0.1) is 0 Å². The largest absolute Gasteiger partial charge is 0.351 e. The van der Waals surface area contributed by atoms with E-state index in [9.17, 15) is 4.39 Å². The van der Waals surface area contributed by atoms with Crippen LogP contribution in [0.15, 0.2) is 22.7 Å². The van der Waals surface area contributed by atoms with Crippen molar-refractivity contribution < 1.29 is 8.91 Å². The highest BCUT2D eigenvalue weighted by Crippen LogP contribution is 2.21. The number of benzene rings is 1. The molecule has 14 heavy (non-hydrogen) atoms. The summed E-state index contributed by atoms with van der Waals surface area (Å²) in [6, 6.07) is 4.35. The van der Waals surface area contributed by atoms with E-state index in [1.54, 1.807) is 6.07 Å². The van der Waals surface area contributed by atoms with Gasteiger partial charge in [0, 0.05) is 5.56 Å². The quantitative estimate of drug-likeness (QED) is 0.749. The average molecular weight is 193 g/mol. The van der Waals surface area contributed by atoms with Crippen molar-refractivity contribution >= 4 is 6.01 Å². The molecule has 0 saturated carbocycles.